The Kier molecular flexibility index (Phi) is 12.0. The maximum atomic E-state index is 2.79. The van der Waals surface area contributed by atoms with Gasteiger partial charge in [-0.2, -0.15) is 0 Å². The van der Waals surface area contributed by atoms with Crippen LogP contribution < -0.4 is 0 Å². The molecule has 0 bridgehead atoms. The first-order valence-corrected chi connectivity index (χ1v) is 13.4. The molecule has 0 rings (SSSR count). The fraction of sp³-hybridized carbons (Fsp3) is 0.957. The van der Waals surface area contributed by atoms with E-state index >= 15 is 0 Å². The molecule has 0 radical (unpaired) electrons. The van der Waals surface area contributed by atoms with Crippen LogP contribution in [-0.4, -0.2) is 60.8 Å². The molecule has 0 spiro atoms. The maximum absolute atomic E-state index is 2.79. The summed E-state index contributed by atoms with van der Waals surface area (Å²) >= 11 is 0. The molecule has 0 aliphatic carbocycles. The summed E-state index contributed by atoms with van der Waals surface area (Å²) in [5.74, 6) is 0. The standard InChI is InChI=1S/C23H51N3P2/c1-16(2)24(17(3)4)22(27-23(13,14)15)28(25(18(5)6)19(7)8)26(20(9)10)21(11)12/h16-21H,1-15H3. The molecular weight excluding hydrogens is 380 g/mol. The van der Waals surface area contributed by atoms with Crippen molar-refractivity contribution >= 4 is 21.6 Å². The molecule has 0 aromatic carbocycles. The lowest BCUT2D eigenvalue weighted by Gasteiger charge is -2.51. The van der Waals surface area contributed by atoms with Gasteiger partial charge in [-0.05, 0) is 83.1 Å². The molecule has 0 N–H and O–H groups in total. The van der Waals surface area contributed by atoms with Gasteiger partial charge in [0.25, 0.3) is 0 Å². The summed E-state index contributed by atoms with van der Waals surface area (Å²) in [7, 11) is 0.876. The van der Waals surface area contributed by atoms with Crippen LogP contribution in [0.25, 0.3) is 0 Å². The lowest BCUT2D eigenvalue weighted by atomic mass is 10.2. The summed E-state index contributed by atoms with van der Waals surface area (Å²) in [6, 6.07) is 3.04. The Hall–Kier alpha value is 0.480. The molecule has 0 fully saturated rings. The molecule has 0 aliphatic heterocycles. The first-order valence-electron chi connectivity index (χ1n) is 11.3. The highest BCUT2D eigenvalue weighted by Crippen LogP contribution is 2.55. The van der Waals surface area contributed by atoms with E-state index in [4.69, 9.17) is 0 Å². The van der Waals surface area contributed by atoms with Crippen molar-refractivity contribution in [1.29, 1.82) is 0 Å². The molecule has 0 aliphatic rings. The van der Waals surface area contributed by atoms with Crippen molar-refractivity contribution in [3.63, 3.8) is 0 Å². The molecule has 168 valence electrons. The fourth-order valence-electron chi connectivity index (χ4n) is 3.96. The van der Waals surface area contributed by atoms with Crippen LogP contribution in [0.15, 0.2) is 0 Å². The number of rotatable bonds is 10. The van der Waals surface area contributed by atoms with Crippen molar-refractivity contribution in [2.45, 2.75) is 145 Å². The van der Waals surface area contributed by atoms with Crippen LogP contribution in [0, 0.1) is 0 Å². The van der Waals surface area contributed by atoms with Gasteiger partial charge in [0.15, 0.2) is 0 Å². The van der Waals surface area contributed by atoms with E-state index in [1.54, 1.807) is 5.16 Å². The van der Waals surface area contributed by atoms with Gasteiger partial charge in [-0.25, -0.2) is 0 Å². The second-order valence-electron chi connectivity index (χ2n) is 10.6. The predicted octanol–water partition coefficient (Wildman–Crippen LogP) is 7.49. The first kappa shape index (κ1) is 28.5. The molecule has 28 heavy (non-hydrogen) atoms. The van der Waals surface area contributed by atoms with E-state index in [9.17, 15) is 0 Å². The number of hydrogen-bond donors (Lipinski definition) is 0. The zero-order valence-electron chi connectivity index (χ0n) is 21.7. The minimum atomic E-state index is -0.580. The van der Waals surface area contributed by atoms with Gasteiger partial charge in [-0.1, -0.05) is 29.0 Å². The van der Waals surface area contributed by atoms with Gasteiger partial charge >= 0.3 is 0 Å². The second-order valence-corrected chi connectivity index (χ2v) is 14.9. The Morgan fingerprint density at radius 1 is 0.571 bits per heavy atom. The lowest BCUT2D eigenvalue weighted by Crippen LogP contribution is -2.50. The first-order chi connectivity index (χ1) is 12.5. The molecule has 0 atom stereocenters. The zero-order valence-corrected chi connectivity index (χ0v) is 23.5. The summed E-state index contributed by atoms with van der Waals surface area (Å²) in [4.78, 5) is 2.72. The van der Waals surface area contributed by atoms with Crippen LogP contribution in [0.1, 0.15) is 104 Å². The molecule has 5 heteroatoms. The van der Waals surface area contributed by atoms with E-state index in [0.29, 0.717) is 36.3 Å². The molecule has 0 heterocycles. The van der Waals surface area contributed by atoms with Crippen molar-refractivity contribution in [3.05, 3.63) is 0 Å². The van der Waals surface area contributed by atoms with Gasteiger partial charge in [0, 0.05) is 41.4 Å². The van der Waals surface area contributed by atoms with Crippen molar-refractivity contribution in [1.82, 2.24) is 14.2 Å². The van der Waals surface area contributed by atoms with E-state index in [1.165, 1.54) is 8.20 Å². The Morgan fingerprint density at radius 3 is 1.04 bits per heavy atom. The van der Waals surface area contributed by atoms with Gasteiger partial charge in [0.05, 0.1) is 13.4 Å². The van der Waals surface area contributed by atoms with Crippen LogP contribution in [0.5, 0.6) is 0 Å². The van der Waals surface area contributed by atoms with E-state index in [0.717, 1.165) is 0 Å². The third kappa shape index (κ3) is 8.31. The summed E-state index contributed by atoms with van der Waals surface area (Å²) in [5.41, 5.74) is 0. The second kappa shape index (κ2) is 11.8. The monoisotopic (exact) mass is 431 g/mol. The third-order valence-electron chi connectivity index (χ3n) is 4.51. The Morgan fingerprint density at radius 2 is 0.857 bits per heavy atom. The fourth-order valence-corrected chi connectivity index (χ4v) is 10.1. The van der Waals surface area contributed by atoms with Gasteiger partial charge in [0.1, 0.15) is 0 Å². The van der Waals surface area contributed by atoms with Gasteiger partial charge in [-0.15, -0.1) is 0 Å². The quantitative estimate of drug-likeness (QED) is 0.332. The Balaban J connectivity index is 6.97. The highest BCUT2D eigenvalue weighted by molar-refractivity contribution is 7.82. The molecule has 0 saturated heterocycles. The average Bonchev–Trinajstić information content (AvgIpc) is 2.41. The van der Waals surface area contributed by atoms with Crippen molar-refractivity contribution in [2.24, 2.45) is 0 Å². The smallest absolute Gasteiger partial charge is 0.0896 e. The largest absolute Gasteiger partial charge is 0.264 e. The molecular formula is C23H51N3P2. The van der Waals surface area contributed by atoms with Crippen LogP contribution in [0.4, 0.5) is 0 Å². The summed E-state index contributed by atoms with van der Waals surface area (Å²) in [6.07, 6.45) is 0. The topological polar surface area (TPSA) is 9.72 Å². The minimum absolute atomic E-state index is 0.233. The average molecular weight is 432 g/mol. The normalized spacial score (nSPS) is 14.8. The Labute approximate surface area is 181 Å². The van der Waals surface area contributed by atoms with Crippen molar-refractivity contribution < 1.29 is 0 Å². The Bertz CT molecular complexity index is 433. The van der Waals surface area contributed by atoms with Gasteiger partial charge < -0.3 is 0 Å². The molecule has 0 aromatic rings. The number of nitrogens with zero attached hydrogens (tertiary/aromatic N) is 3. The predicted molar refractivity (Wildman–Crippen MR) is 135 cm³/mol. The highest BCUT2D eigenvalue weighted by Gasteiger charge is 2.39. The highest BCUT2D eigenvalue weighted by atomic mass is 31.2. The van der Waals surface area contributed by atoms with E-state index in [-0.39, 0.29) is 5.16 Å². The molecule has 0 unspecified atom stereocenters. The summed E-state index contributed by atoms with van der Waals surface area (Å²) < 4.78 is 5.59. The SMILES string of the molecule is CC(C)N(C(=PC(C)(C)C)P(N(C(C)C)C(C)C)N(C(C)C)C(C)C)C(C)C. The van der Waals surface area contributed by atoms with E-state index in [1.807, 2.05) is 0 Å². The maximum Gasteiger partial charge on any atom is 0.0896 e. The summed E-state index contributed by atoms with van der Waals surface area (Å²) in [5, 5.41) is 1.86. The minimum Gasteiger partial charge on any atom is -0.264 e. The van der Waals surface area contributed by atoms with Gasteiger partial charge in [0.2, 0.25) is 0 Å². The zero-order chi connectivity index (χ0) is 22.6. The van der Waals surface area contributed by atoms with Crippen molar-refractivity contribution in [3.8, 4) is 0 Å². The number of hydrogen-bond acceptors (Lipinski definition) is 2. The molecule has 3 nitrogen and oxygen atoms in total. The molecule has 0 aromatic heterocycles. The van der Waals surface area contributed by atoms with Crippen LogP contribution >= 0.6 is 16.4 Å². The van der Waals surface area contributed by atoms with Crippen LogP contribution in [0.3, 0.4) is 0 Å². The van der Waals surface area contributed by atoms with Crippen molar-refractivity contribution in [2.75, 3.05) is 0 Å². The lowest BCUT2D eigenvalue weighted by molar-refractivity contribution is 0.253. The molecule has 0 amide bonds. The van der Waals surface area contributed by atoms with E-state index < -0.39 is 8.22 Å². The van der Waals surface area contributed by atoms with E-state index in [2.05, 4.69) is 118 Å². The summed E-state index contributed by atoms with van der Waals surface area (Å²) in [6.45, 7) is 35.5. The third-order valence-corrected chi connectivity index (χ3v) is 9.76. The van der Waals surface area contributed by atoms with Crippen LogP contribution in [0.2, 0.25) is 0 Å². The molecule has 0 saturated carbocycles. The van der Waals surface area contributed by atoms with Crippen LogP contribution in [-0.2, 0) is 0 Å². The van der Waals surface area contributed by atoms with Gasteiger partial charge in [-0.3, -0.25) is 14.2 Å².